The molecule has 5 nitrogen and oxygen atoms in total. The van der Waals surface area contributed by atoms with Crippen LogP contribution in [0.5, 0.6) is 5.75 Å². The summed E-state index contributed by atoms with van der Waals surface area (Å²) in [5, 5.41) is 16.1. The number of aromatic hydroxyl groups is 1. The number of halogens is 1. The van der Waals surface area contributed by atoms with Crippen molar-refractivity contribution >= 4 is 29.9 Å². The highest BCUT2D eigenvalue weighted by atomic mass is 127. The molecular formula is C24H35IN4O. The summed E-state index contributed by atoms with van der Waals surface area (Å²) in [5.74, 6) is 1.14. The summed E-state index contributed by atoms with van der Waals surface area (Å²) in [4.78, 5) is 6.87. The van der Waals surface area contributed by atoms with E-state index < -0.39 is 0 Å². The molecule has 3 N–H and O–H groups in total. The molecule has 0 amide bonds. The van der Waals surface area contributed by atoms with Crippen LogP contribution < -0.4 is 10.6 Å². The molecule has 0 saturated carbocycles. The van der Waals surface area contributed by atoms with Gasteiger partial charge < -0.3 is 15.7 Å². The second-order valence-corrected chi connectivity index (χ2v) is 7.78. The molecule has 30 heavy (non-hydrogen) atoms. The number of rotatable bonds is 8. The van der Waals surface area contributed by atoms with Gasteiger partial charge in [-0.2, -0.15) is 0 Å². The monoisotopic (exact) mass is 522 g/mol. The zero-order valence-electron chi connectivity index (χ0n) is 17.9. The van der Waals surface area contributed by atoms with E-state index in [9.17, 15) is 5.11 Å². The molecule has 1 heterocycles. The molecule has 6 heteroatoms. The quantitative estimate of drug-likeness (QED) is 0.210. The molecule has 0 unspecified atom stereocenters. The summed E-state index contributed by atoms with van der Waals surface area (Å²) in [6.45, 7) is 5.16. The summed E-state index contributed by atoms with van der Waals surface area (Å²) in [6.07, 6.45) is 6.04. The van der Waals surface area contributed by atoms with Gasteiger partial charge in [-0.05, 0) is 67.6 Å². The highest BCUT2D eigenvalue weighted by molar-refractivity contribution is 14.0. The molecule has 0 aromatic heterocycles. The van der Waals surface area contributed by atoms with Gasteiger partial charge in [0.25, 0.3) is 0 Å². The topological polar surface area (TPSA) is 59.9 Å². The van der Waals surface area contributed by atoms with Crippen molar-refractivity contribution < 1.29 is 5.11 Å². The Labute approximate surface area is 198 Å². The number of aryl methyl sites for hydroxylation is 1. The number of phenolic OH excluding ortho intramolecular Hbond substituents is 1. The first-order chi connectivity index (χ1) is 14.2. The SMILES string of the molecule is CN=C(NCCCc1ccc(O)cc1)NCc1ccc(CN2CCCCC2)cc1.I. The van der Waals surface area contributed by atoms with E-state index in [1.54, 1.807) is 19.2 Å². The van der Waals surface area contributed by atoms with E-state index in [1.165, 1.54) is 49.0 Å². The Kier molecular flexibility index (Phi) is 11.0. The summed E-state index contributed by atoms with van der Waals surface area (Å²) < 4.78 is 0. The average Bonchev–Trinajstić information content (AvgIpc) is 2.76. The van der Waals surface area contributed by atoms with Gasteiger partial charge in [0.2, 0.25) is 0 Å². The van der Waals surface area contributed by atoms with E-state index in [2.05, 4.69) is 44.8 Å². The summed E-state index contributed by atoms with van der Waals surface area (Å²) in [6, 6.07) is 16.3. The number of piperidine rings is 1. The minimum Gasteiger partial charge on any atom is -0.508 e. The molecule has 2 aromatic carbocycles. The summed E-state index contributed by atoms with van der Waals surface area (Å²) in [7, 11) is 1.80. The zero-order valence-corrected chi connectivity index (χ0v) is 20.3. The van der Waals surface area contributed by atoms with Crippen molar-refractivity contribution in [1.82, 2.24) is 15.5 Å². The van der Waals surface area contributed by atoms with E-state index in [-0.39, 0.29) is 24.0 Å². The zero-order chi connectivity index (χ0) is 20.3. The third-order valence-electron chi connectivity index (χ3n) is 5.43. The predicted octanol–water partition coefficient (Wildman–Crippen LogP) is 4.29. The number of benzene rings is 2. The Hall–Kier alpha value is -1.80. The van der Waals surface area contributed by atoms with Gasteiger partial charge in [0.1, 0.15) is 5.75 Å². The normalized spacial score (nSPS) is 14.8. The Bertz CT molecular complexity index is 756. The molecule has 0 aliphatic carbocycles. The lowest BCUT2D eigenvalue weighted by atomic mass is 10.1. The largest absolute Gasteiger partial charge is 0.508 e. The van der Waals surface area contributed by atoms with E-state index in [0.29, 0.717) is 5.75 Å². The number of hydrogen-bond acceptors (Lipinski definition) is 3. The maximum Gasteiger partial charge on any atom is 0.191 e. The molecule has 1 aliphatic heterocycles. The van der Waals surface area contributed by atoms with E-state index in [4.69, 9.17) is 0 Å². The van der Waals surface area contributed by atoms with Gasteiger partial charge in [-0.3, -0.25) is 9.89 Å². The van der Waals surface area contributed by atoms with Gasteiger partial charge in [0.15, 0.2) is 5.96 Å². The van der Waals surface area contributed by atoms with E-state index in [0.717, 1.165) is 38.4 Å². The third kappa shape index (κ3) is 8.52. The van der Waals surface area contributed by atoms with Crippen molar-refractivity contribution in [1.29, 1.82) is 0 Å². The summed E-state index contributed by atoms with van der Waals surface area (Å²) >= 11 is 0. The van der Waals surface area contributed by atoms with Crippen molar-refractivity contribution in [2.75, 3.05) is 26.7 Å². The molecule has 2 aromatic rings. The minimum atomic E-state index is 0. The maximum absolute atomic E-state index is 9.34. The van der Waals surface area contributed by atoms with Crippen LogP contribution in [-0.4, -0.2) is 42.6 Å². The summed E-state index contributed by atoms with van der Waals surface area (Å²) in [5.41, 5.74) is 3.89. The van der Waals surface area contributed by atoms with Crippen molar-refractivity contribution in [3.8, 4) is 5.75 Å². The van der Waals surface area contributed by atoms with Gasteiger partial charge in [0.05, 0.1) is 0 Å². The molecule has 0 bridgehead atoms. The van der Waals surface area contributed by atoms with Crippen LogP contribution in [0.2, 0.25) is 0 Å². The first-order valence-corrected chi connectivity index (χ1v) is 10.8. The average molecular weight is 522 g/mol. The van der Waals surface area contributed by atoms with Crippen molar-refractivity contribution in [2.45, 2.75) is 45.2 Å². The number of phenols is 1. The lowest BCUT2D eigenvalue weighted by Gasteiger charge is -2.26. The van der Waals surface area contributed by atoms with Gasteiger partial charge in [-0.15, -0.1) is 24.0 Å². The van der Waals surface area contributed by atoms with Crippen LogP contribution in [0, 0.1) is 0 Å². The molecule has 1 aliphatic rings. The number of likely N-dealkylation sites (tertiary alicyclic amines) is 1. The third-order valence-corrected chi connectivity index (χ3v) is 5.43. The van der Waals surface area contributed by atoms with Gasteiger partial charge in [-0.25, -0.2) is 0 Å². The highest BCUT2D eigenvalue weighted by Crippen LogP contribution is 2.14. The van der Waals surface area contributed by atoms with Crippen LogP contribution in [0.3, 0.4) is 0 Å². The number of aliphatic imine (C=N–C) groups is 1. The molecule has 3 rings (SSSR count). The van der Waals surface area contributed by atoms with Crippen LogP contribution in [0.15, 0.2) is 53.5 Å². The van der Waals surface area contributed by atoms with Gasteiger partial charge in [0, 0.05) is 26.7 Å². The second kappa shape index (κ2) is 13.5. The van der Waals surface area contributed by atoms with Crippen molar-refractivity contribution in [3.05, 3.63) is 65.2 Å². The van der Waals surface area contributed by atoms with Gasteiger partial charge >= 0.3 is 0 Å². The van der Waals surface area contributed by atoms with Crippen LogP contribution >= 0.6 is 24.0 Å². The van der Waals surface area contributed by atoms with Crippen LogP contribution in [-0.2, 0) is 19.5 Å². The molecule has 1 saturated heterocycles. The molecule has 0 atom stereocenters. The molecule has 1 fully saturated rings. The Morgan fingerprint density at radius 2 is 1.53 bits per heavy atom. The lowest BCUT2D eigenvalue weighted by Crippen LogP contribution is -2.37. The predicted molar refractivity (Wildman–Crippen MR) is 136 cm³/mol. The van der Waals surface area contributed by atoms with Crippen LogP contribution in [0.1, 0.15) is 42.4 Å². The standard InChI is InChI=1S/C24H34N4O.HI/c1-25-24(26-15-5-6-20-11-13-23(29)14-12-20)27-18-21-7-9-22(10-8-21)19-28-16-3-2-4-17-28;/h7-14,29H,2-6,15-19H2,1H3,(H2,25,26,27);1H. The first kappa shape index (κ1) is 24.5. The van der Waals surface area contributed by atoms with E-state index >= 15 is 0 Å². The van der Waals surface area contributed by atoms with Crippen LogP contribution in [0.4, 0.5) is 0 Å². The molecule has 0 radical (unpaired) electrons. The fourth-order valence-electron chi connectivity index (χ4n) is 3.71. The van der Waals surface area contributed by atoms with Crippen molar-refractivity contribution in [3.63, 3.8) is 0 Å². The molecule has 164 valence electrons. The number of hydrogen-bond donors (Lipinski definition) is 3. The second-order valence-electron chi connectivity index (χ2n) is 7.78. The molecular weight excluding hydrogens is 487 g/mol. The minimum absolute atomic E-state index is 0. The lowest BCUT2D eigenvalue weighted by molar-refractivity contribution is 0.221. The smallest absolute Gasteiger partial charge is 0.191 e. The number of nitrogens with zero attached hydrogens (tertiary/aromatic N) is 2. The van der Waals surface area contributed by atoms with Crippen LogP contribution in [0.25, 0.3) is 0 Å². The fourth-order valence-corrected chi connectivity index (χ4v) is 3.71. The fraction of sp³-hybridized carbons (Fsp3) is 0.458. The number of guanidine groups is 1. The Balaban J connectivity index is 0.00000320. The first-order valence-electron chi connectivity index (χ1n) is 10.8. The maximum atomic E-state index is 9.34. The van der Waals surface area contributed by atoms with Crippen molar-refractivity contribution in [2.24, 2.45) is 4.99 Å². The highest BCUT2D eigenvalue weighted by Gasteiger charge is 2.10. The Morgan fingerprint density at radius 3 is 2.20 bits per heavy atom. The Morgan fingerprint density at radius 1 is 0.900 bits per heavy atom. The number of nitrogens with one attached hydrogen (secondary N) is 2. The van der Waals surface area contributed by atoms with E-state index in [1.807, 2.05) is 12.1 Å². The molecule has 0 spiro atoms. The van der Waals surface area contributed by atoms with Gasteiger partial charge in [-0.1, -0.05) is 42.8 Å².